The van der Waals surface area contributed by atoms with Gasteiger partial charge < -0.3 is 39.5 Å². The lowest BCUT2D eigenvalue weighted by Crippen LogP contribution is -2.65. The summed E-state index contributed by atoms with van der Waals surface area (Å²) in [6.07, 6.45) is -1.85. The number of rotatable bonds is 10. The molecule has 0 unspecified atom stereocenters. The van der Waals surface area contributed by atoms with Crippen LogP contribution in [-0.4, -0.2) is 77.0 Å². The summed E-state index contributed by atoms with van der Waals surface area (Å²) in [6.45, 7) is 2.11. The van der Waals surface area contributed by atoms with Crippen molar-refractivity contribution in [3.63, 3.8) is 0 Å². The summed E-state index contributed by atoms with van der Waals surface area (Å²) >= 11 is 6.46. The second-order valence-corrected chi connectivity index (χ2v) is 9.04. The van der Waals surface area contributed by atoms with Crippen LogP contribution in [0, 0.1) is 0 Å². The molecule has 2 aliphatic heterocycles. The Kier molecular flexibility index (Phi) is 7.97. The van der Waals surface area contributed by atoms with E-state index in [0.29, 0.717) is 36.6 Å². The molecule has 4 rings (SSSR count). The van der Waals surface area contributed by atoms with Crippen LogP contribution < -0.4 is 4.74 Å². The van der Waals surface area contributed by atoms with Crippen molar-refractivity contribution in [1.82, 2.24) is 0 Å². The fourth-order valence-electron chi connectivity index (χ4n) is 4.33. The van der Waals surface area contributed by atoms with E-state index in [1.54, 1.807) is 24.4 Å². The number of oxime groups is 1. The molecule has 0 saturated carbocycles. The van der Waals surface area contributed by atoms with Gasteiger partial charge in [-0.1, -0.05) is 35.0 Å². The van der Waals surface area contributed by atoms with Gasteiger partial charge in [0.25, 0.3) is 0 Å². The summed E-state index contributed by atoms with van der Waals surface area (Å²) in [6, 6.07) is 12.6. The van der Waals surface area contributed by atoms with E-state index in [2.05, 4.69) is 5.16 Å². The molecule has 2 saturated heterocycles. The average molecular weight is 508 g/mol. The minimum absolute atomic E-state index is 0.185. The molecule has 9 nitrogen and oxygen atoms in total. The third-order valence-corrected chi connectivity index (χ3v) is 6.66. The first kappa shape index (κ1) is 25.8. The number of aliphatic hydroxyl groups excluding tert-OH is 4. The van der Waals surface area contributed by atoms with Crippen LogP contribution in [0.1, 0.15) is 30.0 Å². The molecule has 2 fully saturated rings. The molecule has 190 valence electrons. The lowest BCUT2D eigenvalue weighted by Gasteiger charge is -2.46. The summed E-state index contributed by atoms with van der Waals surface area (Å²) in [5, 5.41) is 45.6. The van der Waals surface area contributed by atoms with Crippen LogP contribution in [0.25, 0.3) is 0 Å². The molecule has 5 atom stereocenters. The zero-order valence-electron chi connectivity index (χ0n) is 19.3. The van der Waals surface area contributed by atoms with Crippen LogP contribution in [0.3, 0.4) is 0 Å². The van der Waals surface area contributed by atoms with Gasteiger partial charge in [-0.15, -0.1) is 0 Å². The van der Waals surface area contributed by atoms with Gasteiger partial charge in [0.05, 0.1) is 19.8 Å². The summed E-state index contributed by atoms with van der Waals surface area (Å²) in [4.78, 5) is 4.90. The van der Waals surface area contributed by atoms with Crippen LogP contribution in [0.15, 0.2) is 47.6 Å². The SMILES string of the molecule is CCON=CCCOc1ccc(Cc2cc([C@]34OC[C@](CO)(O3)[C@@H](O)[C@H](O)[C@H]4O)ccc2Cl)cc1. The standard InChI is InChI=1S/C25H30ClNO8/c1-2-34-27-10-3-11-32-19-7-4-16(5-8-19)12-17-13-18(6-9-20(17)26)25-23(31)21(29)22(30)24(14-28,35-25)15-33-25/h4-10,13,21-23,28-31H,2-3,11-12,14-15H2,1H3/t21-,22-,23+,24-,25-/m0/s1. The maximum atomic E-state index is 10.8. The van der Waals surface area contributed by atoms with E-state index >= 15 is 0 Å². The smallest absolute Gasteiger partial charge is 0.225 e. The van der Waals surface area contributed by atoms with Crippen molar-refractivity contribution in [2.45, 2.75) is 49.5 Å². The number of hydrogen-bond acceptors (Lipinski definition) is 9. The Hall–Kier alpha value is -2.24. The molecule has 0 aliphatic carbocycles. The van der Waals surface area contributed by atoms with Gasteiger partial charge in [-0.25, -0.2) is 0 Å². The first-order valence-electron chi connectivity index (χ1n) is 11.5. The van der Waals surface area contributed by atoms with Gasteiger partial charge in [-0.2, -0.15) is 0 Å². The Morgan fingerprint density at radius 2 is 1.91 bits per heavy atom. The van der Waals surface area contributed by atoms with Crippen LogP contribution in [0.4, 0.5) is 0 Å². The average Bonchev–Trinajstić information content (AvgIpc) is 3.26. The summed E-state index contributed by atoms with van der Waals surface area (Å²) in [5.41, 5.74) is 0.632. The molecule has 0 amide bonds. The van der Waals surface area contributed by atoms with Gasteiger partial charge in [-0.05, 0) is 48.7 Å². The van der Waals surface area contributed by atoms with E-state index in [4.69, 9.17) is 30.6 Å². The van der Waals surface area contributed by atoms with E-state index in [1.165, 1.54) is 0 Å². The fourth-order valence-corrected chi connectivity index (χ4v) is 4.52. The Balaban J connectivity index is 1.48. The quantitative estimate of drug-likeness (QED) is 0.217. The van der Waals surface area contributed by atoms with E-state index in [0.717, 1.165) is 16.9 Å². The third-order valence-electron chi connectivity index (χ3n) is 6.29. The van der Waals surface area contributed by atoms with Crippen molar-refractivity contribution >= 4 is 17.8 Å². The van der Waals surface area contributed by atoms with E-state index in [-0.39, 0.29) is 6.61 Å². The van der Waals surface area contributed by atoms with Crippen molar-refractivity contribution < 1.29 is 39.5 Å². The van der Waals surface area contributed by atoms with Gasteiger partial charge >= 0.3 is 0 Å². The summed E-state index contributed by atoms with van der Waals surface area (Å²) in [5.74, 6) is -1.01. The van der Waals surface area contributed by atoms with Gasteiger partial charge in [0.1, 0.15) is 36.3 Å². The second-order valence-electron chi connectivity index (χ2n) is 8.63. The first-order valence-corrected chi connectivity index (χ1v) is 11.9. The molecular weight excluding hydrogens is 478 g/mol. The van der Waals surface area contributed by atoms with Gasteiger partial charge in [-0.3, -0.25) is 0 Å². The number of ether oxygens (including phenoxy) is 3. The molecular formula is C25H30ClNO8. The fraction of sp³-hybridized carbons (Fsp3) is 0.480. The predicted octanol–water partition coefficient (Wildman–Crippen LogP) is 1.75. The third kappa shape index (κ3) is 5.03. The van der Waals surface area contributed by atoms with Crippen LogP contribution in [0.5, 0.6) is 5.75 Å². The van der Waals surface area contributed by atoms with E-state index in [1.807, 2.05) is 31.2 Å². The number of halogens is 1. The predicted molar refractivity (Wildman–Crippen MR) is 127 cm³/mol. The molecule has 2 heterocycles. The number of fused-ring (bicyclic) bond motifs is 2. The van der Waals surface area contributed by atoms with Crippen molar-refractivity contribution in [3.8, 4) is 5.75 Å². The molecule has 2 bridgehead atoms. The minimum Gasteiger partial charge on any atom is -0.493 e. The topological polar surface area (TPSA) is 130 Å². The zero-order valence-corrected chi connectivity index (χ0v) is 20.1. The molecule has 2 aliphatic rings. The molecule has 4 N–H and O–H groups in total. The highest BCUT2D eigenvalue weighted by Crippen LogP contribution is 2.49. The van der Waals surface area contributed by atoms with Crippen LogP contribution >= 0.6 is 11.6 Å². The molecule has 0 spiro atoms. The number of benzene rings is 2. The molecule has 2 aromatic rings. The normalized spacial score (nSPS) is 30.1. The largest absolute Gasteiger partial charge is 0.493 e. The molecule has 35 heavy (non-hydrogen) atoms. The number of hydrogen-bond donors (Lipinski definition) is 4. The lowest BCUT2D eigenvalue weighted by atomic mass is 9.83. The number of nitrogens with zero attached hydrogens (tertiary/aromatic N) is 1. The zero-order chi connectivity index (χ0) is 25.1. The summed E-state index contributed by atoms with van der Waals surface area (Å²) in [7, 11) is 0. The Bertz CT molecular complexity index is 1030. The highest BCUT2D eigenvalue weighted by atomic mass is 35.5. The monoisotopic (exact) mass is 507 g/mol. The van der Waals surface area contributed by atoms with Crippen molar-refractivity contribution in [1.29, 1.82) is 0 Å². The summed E-state index contributed by atoms with van der Waals surface area (Å²) < 4.78 is 17.4. The van der Waals surface area contributed by atoms with Crippen molar-refractivity contribution in [2.75, 3.05) is 26.4 Å². The molecule has 0 radical (unpaired) electrons. The lowest BCUT2D eigenvalue weighted by molar-refractivity contribution is -0.329. The Morgan fingerprint density at radius 1 is 1.14 bits per heavy atom. The van der Waals surface area contributed by atoms with E-state index in [9.17, 15) is 20.4 Å². The Morgan fingerprint density at radius 3 is 2.63 bits per heavy atom. The van der Waals surface area contributed by atoms with Gasteiger partial charge in [0, 0.05) is 23.2 Å². The highest BCUT2D eigenvalue weighted by molar-refractivity contribution is 6.31. The first-order chi connectivity index (χ1) is 16.8. The minimum atomic E-state index is -1.73. The second kappa shape index (κ2) is 10.8. The molecule has 10 heteroatoms. The number of aliphatic hydroxyl groups is 4. The van der Waals surface area contributed by atoms with Crippen molar-refractivity contribution in [3.05, 3.63) is 64.2 Å². The van der Waals surface area contributed by atoms with Gasteiger partial charge in [0.2, 0.25) is 5.79 Å². The van der Waals surface area contributed by atoms with Crippen molar-refractivity contribution in [2.24, 2.45) is 5.16 Å². The highest BCUT2D eigenvalue weighted by Gasteiger charge is 2.67. The van der Waals surface area contributed by atoms with Crippen LogP contribution in [-0.2, 0) is 26.5 Å². The maximum absolute atomic E-state index is 10.8. The molecule has 2 aromatic carbocycles. The van der Waals surface area contributed by atoms with E-state index < -0.39 is 36.3 Å². The Labute approximate surface area is 208 Å². The maximum Gasteiger partial charge on any atom is 0.225 e. The van der Waals surface area contributed by atoms with Gasteiger partial charge in [0.15, 0.2) is 0 Å². The van der Waals surface area contributed by atoms with Crippen LogP contribution in [0.2, 0.25) is 5.02 Å². The molecule has 0 aromatic heterocycles.